The predicted octanol–water partition coefficient (Wildman–Crippen LogP) is 5.08. The normalized spacial score (nSPS) is 13.3. The van der Waals surface area contributed by atoms with Crippen molar-refractivity contribution in [3.8, 4) is 0 Å². The van der Waals surface area contributed by atoms with Crippen molar-refractivity contribution in [1.82, 2.24) is 5.32 Å². The smallest absolute Gasteiger partial charge is 0.313 e. The molecule has 1 atom stereocenters. The molecule has 0 fully saturated rings. The van der Waals surface area contributed by atoms with Crippen molar-refractivity contribution in [2.45, 2.75) is 31.5 Å². The van der Waals surface area contributed by atoms with Gasteiger partial charge in [0.25, 0.3) is 0 Å². The molecule has 106 valence electrons. The standard InChI is InChI=1S/C14H17BrF3N/c1-3-4-5-6-13(19-2)11-8-7-10(15)9-12(11)14(16,17)18/h3,7-9,13,19H,1,4-6H2,2H3. The van der Waals surface area contributed by atoms with E-state index in [1.165, 1.54) is 6.07 Å². The van der Waals surface area contributed by atoms with E-state index in [4.69, 9.17) is 0 Å². The number of alkyl halides is 3. The Hall–Kier alpha value is -0.810. The summed E-state index contributed by atoms with van der Waals surface area (Å²) in [6.07, 6.45) is -0.308. The third-order valence-electron chi connectivity index (χ3n) is 2.95. The second-order valence-corrected chi connectivity index (χ2v) is 5.21. The molecule has 1 N–H and O–H groups in total. The Morgan fingerprint density at radius 1 is 1.42 bits per heavy atom. The van der Waals surface area contributed by atoms with Crippen LogP contribution >= 0.6 is 15.9 Å². The summed E-state index contributed by atoms with van der Waals surface area (Å²) in [5.74, 6) is 0. The molecule has 0 spiro atoms. The first-order valence-corrected chi connectivity index (χ1v) is 6.84. The molecular weight excluding hydrogens is 319 g/mol. The lowest BCUT2D eigenvalue weighted by atomic mass is 9.96. The molecule has 0 heterocycles. The average molecular weight is 336 g/mol. The van der Waals surface area contributed by atoms with Gasteiger partial charge in [-0.25, -0.2) is 0 Å². The van der Waals surface area contributed by atoms with E-state index >= 15 is 0 Å². The average Bonchev–Trinajstić information content (AvgIpc) is 2.34. The second kappa shape index (κ2) is 7.10. The molecule has 1 rings (SSSR count). The molecule has 0 aromatic heterocycles. The molecule has 0 radical (unpaired) electrons. The molecule has 0 saturated carbocycles. The maximum atomic E-state index is 13.0. The highest BCUT2D eigenvalue weighted by molar-refractivity contribution is 9.10. The summed E-state index contributed by atoms with van der Waals surface area (Å²) in [5, 5.41) is 2.96. The van der Waals surface area contributed by atoms with Gasteiger partial charge in [-0.2, -0.15) is 13.2 Å². The van der Waals surface area contributed by atoms with E-state index in [1.807, 2.05) is 0 Å². The van der Waals surface area contributed by atoms with E-state index in [2.05, 4.69) is 27.8 Å². The van der Waals surface area contributed by atoms with Crippen LogP contribution in [0.1, 0.15) is 36.4 Å². The summed E-state index contributed by atoms with van der Waals surface area (Å²) in [5.41, 5.74) is -0.290. The van der Waals surface area contributed by atoms with Gasteiger partial charge in [-0.3, -0.25) is 0 Å². The minimum atomic E-state index is -4.34. The minimum Gasteiger partial charge on any atom is -0.313 e. The Labute approximate surface area is 120 Å². The van der Waals surface area contributed by atoms with E-state index in [1.54, 1.807) is 19.2 Å². The Morgan fingerprint density at radius 3 is 2.63 bits per heavy atom. The van der Waals surface area contributed by atoms with Crippen LogP contribution in [-0.2, 0) is 6.18 Å². The van der Waals surface area contributed by atoms with Crippen LogP contribution in [0.15, 0.2) is 35.3 Å². The fourth-order valence-corrected chi connectivity index (χ4v) is 2.36. The zero-order chi connectivity index (χ0) is 14.5. The van der Waals surface area contributed by atoms with E-state index in [0.29, 0.717) is 16.5 Å². The molecule has 0 aliphatic heterocycles. The van der Waals surface area contributed by atoms with E-state index in [0.717, 1.165) is 18.9 Å². The highest BCUT2D eigenvalue weighted by Gasteiger charge is 2.35. The van der Waals surface area contributed by atoms with Crippen molar-refractivity contribution < 1.29 is 13.2 Å². The van der Waals surface area contributed by atoms with Gasteiger partial charge in [-0.05, 0) is 44.0 Å². The van der Waals surface area contributed by atoms with Crippen LogP contribution in [0.25, 0.3) is 0 Å². The molecule has 19 heavy (non-hydrogen) atoms. The fraction of sp³-hybridized carbons (Fsp3) is 0.429. The highest BCUT2D eigenvalue weighted by Crippen LogP contribution is 2.37. The number of hydrogen-bond donors (Lipinski definition) is 1. The van der Waals surface area contributed by atoms with Crippen LogP contribution in [0.5, 0.6) is 0 Å². The summed E-state index contributed by atoms with van der Waals surface area (Å²) in [7, 11) is 1.68. The molecule has 0 saturated heterocycles. The molecule has 1 nitrogen and oxygen atoms in total. The fourth-order valence-electron chi connectivity index (χ4n) is 2.00. The first-order chi connectivity index (χ1) is 8.90. The minimum absolute atomic E-state index is 0.294. The second-order valence-electron chi connectivity index (χ2n) is 4.29. The summed E-state index contributed by atoms with van der Waals surface area (Å²) in [4.78, 5) is 0. The van der Waals surface area contributed by atoms with Gasteiger partial charge in [0.15, 0.2) is 0 Å². The number of benzene rings is 1. The van der Waals surface area contributed by atoms with Gasteiger partial charge >= 0.3 is 6.18 Å². The SMILES string of the molecule is C=CCCCC(NC)c1ccc(Br)cc1C(F)(F)F. The first kappa shape index (κ1) is 16.2. The van der Waals surface area contributed by atoms with Crippen LogP contribution in [0, 0.1) is 0 Å². The predicted molar refractivity (Wildman–Crippen MR) is 75.0 cm³/mol. The molecule has 1 aromatic carbocycles. The Morgan fingerprint density at radius 2 is 2.11 bits per heavy atom. The number of halogens is 4. The molecule has 1 unspecified atom stereocenters. The topological polar surface area (TPSA) is 12.0 Å². The van der Waals surface area contributed by atoms with Crippen LogP contribution in [-0.4, -0.2) is 7.05 Å². The molecule has 0 amide bonds. The molecule has 1 aromatic rings. The lowest BCUT2D eigenvalue weighted by molar-refractivity contribution is -0.138. The maximum absolute atomic E-state index is 13.0. The summed E-state index contributed by atoms with van der Waals surface area (Å²) in [6.45, 7) is 3.62. The van der Waals surface area contributed by atoms with Crippen LogP contribution < -0.4 is 5.32 Å². The van der Waals surface area contributed by atoms with Crippen LogP contribution in [0.2, 0.25) is 0 Å². The molecule has 0 aliphatic rings. The van der Waals surface area contributed by atoms with Crippen molar-refractivity contribution in [3.63, 3.8) is 0 Å². The Balaban J connectivity index is 3.05. The van der Waals surface area contributed by atoms with Gasteiger partial charge in [0, 0.05) is 10.5 Å². The number of hydrogen-bond acceptors (Lipinski definition) is 1. The van der Waals surface area contributed by atoms with E-state index < -0.39 is 11.7 Å². The molecule has 0 bridgehead atoms. The third-order valence-corrected chi connectivity index (χ3v) is 3.44. The van der Waals surface area contributed by atoms with Gasteiger partial charge in [0.05, 0.1) is 5.56 Å². The van der Waals surface area contributed by atoms with Crippen molar-refractivity contribution in [2.24, 2.45) is 0 Å². The van der Waals surface area contributed by atoms with Crippen LogP contribution in [0.4, 0.5) is 13.2 Å². The number of allylic oxidation sites excluding steroid dienone is 1. The molecule has 0 aliphatic carbocycles. The first-order valence-electron chi connectivity index (χ1n) is 6.05. The van der Waals surface area contributed by atoms with Gasteiger partial charge in [0.2, 0.25) is 0 Å². The summed E-state index contributed by atoms with van der Waals surface area (Å²) >= 11 is 3.09. The monoisotopic (exact) mass is 335 g/mol. The molecule has 5 heteroatoms. The number of unbranched alkanes of at least 4 members (excludes halogenated alkanes) is 1. The van der Waals surface area contributed by atoms with Gasteiger partial charge in [-0.15, -0.1) is 6.58 Å². The number of rotatable bonds is 6. The maximum Gasteiger partial charge on any atom is 0.416 e. The summed E-state index contributed by atoms with van der Waals surface area (Å²) < 4.78 is 39.6. The largest absolute Gasteiger partial charge is 0.416 e. The summed E-state index contributed by atoms with van der Waals surface area (Å²) in [6, 6.07) is 4.00. The van der Waals surface area contributed by atoms with Gasteiger partial charge in [0.1, 0.15) is 0 Å². The van der Waals surface area contributed by atoms with Crippen LogP contribution in [0.3, 0.4) is 0 Å². The van der Waals surface area contributed by atoms with E-state index in [9.17, 15) is 13.2 Å². The van der Waals surface area contributed by atoms with Gasteiger partial charge < -0.3 is 5.32 Å². The highest BCUT2D eigenvalue weighted by atomic mass is 79.9. The molecular formula is C14H17BrF3N. The zero-order valence-corrected chi connectivity index (χ0v) is 12.3. The quantitative estimate of drug-likeness (QED) is 0.564. The number of nitrogens with one attached hydrogen (secondary N) is 1. The van der Waals surface area contributed by atoms with Crippen molar-refractivity contribution in [1.29, 1.82) is 0 Å². The van der Waals surface area contributed by atoms with Crippen molar-refractivity contribution in [3.05, 3.63) is 46.5 Å². The van der Waals surface area contributed by atoms with Crippen molar-refractivity contribution in [2.75, 3.05) is 7.05 Å². The Kier molecular flexibility index (Phi) is 6.07. The zero-order valence-electron chi connectivity index (χ0n) is 10.7. The van der Waals surface area contributed by atoms with E-state index in [-0.39, 0.29) is 6.04 Å². The Bertz CT molecular complexity index is 429. The lowest BCUT2D eigenvalue weighted by Crippen LogP contribution is -2.21. The van der Waals surface area contributed by atoms with Gasteiger partial charge in [-0.1, -0.05) is 28.1 Å². The van der Waals surface area contributed by atoms with Crippen molar-refractivity contribution >= 4 is 15.9 Å². The lowest BCUT2D eigenvalue weighted by Gasteiger charge is -2.21. The third kappa shape index (κ3) is 4.66.